The molecule has 164 valence electrons. The van der Waals surface area contributed by atoms with E-state index in [0.29, 0.717) is 44.3 Å². The number of benzene rings is 1. The second kappa shape index (κ2) is 8.76. The maximum absolute atomic E-state index is 12.7. The number of imidazole rings is 1. The van der Waals surface area contributed by atoms with Crippen LogP contribution in [0.5, 0.6) is 0 Å². The first-order chi connectivity index (χ1) is 14.9. The molecule has 0 radical (unpaired) electrons. The van der Waals surface area contributed by atoms with Crippen molar-refractivity contribution >= 4 is 28.7 Å². The van der Waals surface area contributed by atoms with Gasteiger partial charge in [-0.05, 0) is 19.1 Å². The van der Waals surface area contributed by atoms with Crippen LogP contribution in [0.25, 0.3) is 11.0 Å². The Morgan fingerprint density at radius 1 is 1.13 bits per heavy atom. The summed E-state index contributed by atoms with van der Waals surface area (Å²) >= 11 is 0. The Hall–Kier alpha value is -3.40. The fourth-order valence-corrected chi connectivity index (χ4v) is 3.91. The molecule has 3 aromatic rings. The lowest BCUT2D eigenvalue weighted by Crippen LogP contribution is -2.50. The molecule has 0 atom stereocenters. The summed E-state index contributed by atoms with van der Waals surface area (Å²) in [4.78, 5) is 41.1. The van der Waals surface area contributed by atoms with Gasteiger partial charge in [-0.15, -0.1) is 0 Å². The highest BCUT2D eigenvalue weighted by molar-refractivity contribution is 5.91. The average Bonchev–Trinajstić information content (AvgIpc) is 3.27. The molecule has 2 amide bonds. The van der Waals surface area contributed by atoms with Crippen molar-refractivity contribution in [2.75, 3.05) is 38.0 Å². The van der Waals surface area contributed by atoms with E-state index in [-0.39, 0.29) is 30.5 Å². The Morgan fingerprint density at radius 2 is 1.84 bits per heavy atom. The van der Waals surface area contributed by atoms with Gasteiger partial charge in [-0.2, -0.15) is 0 Å². The van der Waals surface area contributed by atoms with Crippen LogP contribution >= 0.6 is 0 Å². The summed E-state index contributed by atoms with van der Waals surface area (Å²) in [5, 5.41) is 6.46. The lowest BCUT2D eigenvalue weighted by Gasteiger charge is -2.34. The number of nitrogens with zero attached hydrogens (tertiary/aromatic N) is 5. The minimum absolute atomic E-state index is 0.0157. The largest absolute Gasteiger partial charge is 0.360 e. The van der Waals surface area contributed by atoms with E-state index in [1.165, 1.54) is 0 Å². The van der Waals surface area contributed by atoms with E-state index >= 15 is 0 Å². The number of anilines is 1. The molecule has 31 heavy (non-hydrogen) atoms. The number of carbonyl (C=O) groups excluding carboxylic acids is 2. The summed E-state index contributed by atoms with van der Waals surface area (Å²) < 4.78 is 8.19. The number of amides is 2. The molecule has 1 fully saturated rings. The Bertz CT molecular complexity index is 1150. The van der Waals surface area contributed by atoms with Crippen molar-refractivity contribution in [1.82, 2.24) is 24.1 Å². The topological polar surface area (TPSA) is 106 Å². The van der Waals surface area contributed by atoms with Gasteiger partial charge < -0.3 is 14.7 Å². The molecule has 10 heteroatoms. The first kappa shape index (κ1) is 20.9. The molecule has 2 aromatic heterocycles. The lowest BCUT2D eigenvalue weighted by atomic mass is 10.2. The molecule has 1 saturated heterocycles. The maximum atomic E-state index is 12.7. The molecule has 1 aliphatic heterocycles. The second-order valence-electron chi connectivity index (χ2n) is 7.76. The first-order valence-electron chi connectivity index (χ1n) is 10.3. The van der Waals surface area contributed by atoms with Crippen molar-refractivity contribution < 1.29 is 14.1 Å². The molecule has 10 nitrogen and oxygen atoms in total. The Labute approximate surface area is 179 Å². The predicted octanol–water partition coefficient (Wildman–Crippen LogP) is 0.809. The van der Waals surface area contributed by atoms with Crippen molar-refractivity contribution in [3.8, 4) is 0 Å². The number of nitrogens with one attached hydrogen (secondary N) is 1. The number of aromatic nitrogens is 3. The quantitative estimate of drug-likeness (QED) is 0.625. The van der Waals surface area contributed by atoms with E-state index in [4.69, 9.17) is 4.52 Å². The van der Waals surface area contributed by atoms with Crippen LogP contribution in [-0.4, -0.2) is 68.6 Å². The normalized spacial score (nSPS) is 14.8. The van der Waals surface area contributed by atoms with E-state index in [2.05, 4.69) is 10.5 Å². The summed E-state index contributed by atoms with van der Waals surface area (Å²) in [6, 6.07) is 9.23. The number of rotatable bonds is 6. The number of carbonyl (C=O) groups is 2. The van der Waals surface area contributed by atoms with Gasteiger partial charge in [0.15, 0.2) is 5.82 Å². The van der Waals surface area contributed by atoms with Crippen LogP contribution in [0.4, 0.5) is 5.82 Å². The Morgan fingerprint density at radius 3 is 2.52 bits per heavy atom. The molecule has 0 saturated carbocycles. The zero-order chi connectivity index (χ0) is 22.0. The highest BCUT2D eigenvalue weighted by Gasteiger charge is 2.23. The van der Waals surface area contributed by atoms with Crippen LogP contribution in [0.1, 0.15) is 12.2 Å². The average molecular weight is 426 g/mol. The van der Waals surface area contributed by atoms with Crippen molar-refractivity contribution in [1.29, 1.82) is 0 Å². The number of para-hydroxylation sites is 2. The summed E-state index contributed by atoms with van der Waals surface area (Å²) in [6.07, 6.45) is 0.264. The molecular weight excluding hydrogens is 400 g/mol. The number of hydrogen-bond acceptors (Lipinski definition) is 6. The minimum Gasteiger partial charge on any atom is -0.360 e. The van der Waals surface area contributed by atoms with Crippen LogP contribution < -0.4 is 11.0 Å². The van der Waals surface area contributed by atoms with Crippen LogP contribution in [0.2, 0.25) is 0 Å². The van der Waals surface area contributed by atoms with E-state index in [0.717, 1.165) is 11.0 Å². The van der Waals surface area contributed by atoms with Crippen molar-refractivity contribution in [3.63, 3.8) is 0 Å². The molecule has 4 rings (SSSR count). The van der Waals surface area contributed by atoms with Gasteiger partial charge in [-0.1, -0.05) is 17.3 Å². The number of aryl methyl sites for hydroxylation is 3. The Balaban J connectivity index is 1.27. The van der Waals surface area contributed by atoms with Gasteiger partial charge in [0.2, 0.25) is 11.8 Å². The van der Waals surface area contributed by atoms with Crippen LogP contribution in [0.15, 0.2) is 39.6 Å². The summed E-state index contributed by atoms with van der Waals surface area (Å²) in [5.41, 5.74) is 1.57. The van der Waals surface area contributed by atoms with Crippen molar-refractivity contribution in [3.05, 3.63) is 46.6 Å². The third-order valence-corrected chi connectivity index (χ3v) is 5.59. The van der Waals surface area contributed by atoms with Gasteiger partial charge in [0.05, 0.1) is 17.6 Å². The molecule has 3 heterocycles. The molecular formula is C21H26N6O4. The lowest BCUT2D eigenvalue weighted by molar-refractivity contribution is -0.133. The monoisotopic (exact) mass is 426 g/mol. The smallest absolute Gasteiger partial charge is 0.328 e. The van der Waals surface area contributed by atoms with Gasteiger partial charge in [0.1, 0.15) is 5.76 Å². The zero-order valence-electron chi connectivity index (χ0n) is 17.7. The minimum atomic E-state index is -0.164. The van der Waals surface area contributed by atoms with E-state index in [1.54, 1.807) is 34.1 Å². The number of fused-ring (bicyclic) bond motifs is 1. The Kier molecular flexibility index (Phi) is 5.90. The molecule has 1 aromatic carbocycles. The zero-order valence-corrected chi connectivity index (χ0v) is 17.7. The molecule has 1 N–H and O–H groups in total. The predicted molar refractivity (Wildman–Crippen MR) is 115 cm³/mol. The third-order valence-electron chi connectivity index (χ3n) is 5.59. The van der Waals surface area contributed by atoms with E-state index in [1.807, 2.05) is 29.2 Å². The number of hydrogen-bond donors (Lipinski definition) is 1. The molecule has 0 aliphatic carbocycles. The SMILES string of the molecule is Cc1cc(NC(=O)CN2CCN(C(=O)CCn3c(=O)n(C)c4ccccc43)CC2)no1. The highest BCUT2D eigenvalue weighted by Crippen LogP contribution is 2.13. The van der Waals surface area contributed by atoms with Crippen LogP contribution in [0.3, 0.4) is 0 Å². The molecule has 0 spiro atoms. The first-order valence-corrected chi connectivity index (χ1v) is 10.3. The third kappa shape index (κ3) is 4.53. The van der Waals surface area contributed by atoms with Crippen molar-refractivity contribution in [2.24, 2.45) is 7.05 Å². The molecule has 1 aliphatic rings. The van der Waals surface area contributed by atoms with Gasteiger partial charge in [-0.25, -0.2) is 4.79 Å². The van der Waals surface area contributed by atoms with Gasteiger partial charge in [0.25, 0.3) is 0 Å². The number of piperazine rings is 1. The van der Waals surface area contributed by atoms with Crippen LogP contribution in [-0.2, 0) is 23.2 Å². The maximum Gasteiger partial charge on any atom is 0.328 e. The van der Waals surface area contributed by atoms with E-state index < -0.39 is 0 Å². The van der Waals surface area contributed by atoms with Gasteiger partial charge in [0, 0.05) is 52.3 Å². The van der Waals surface area contributed by atoms with Crippen molar-refractivity contribution in [2.45, 2.75) is 19.9 Å². The van der Waals surface area contributed by atoms with Gasteiger partial charge >= 0.3 is 5.69 Å². The summed E-state index contributed by atoms with van der Waals surface area (Å²) in [6.45, 7) is 4.68. The fraction of sp³-hybridized carbons (Fsp3) is 0.429. The fourth-order valence-electron chi connectivity index (χ4n) is 3.91. The standard InChI is InChI=1S/C21H26N6O4/c1-15-13-18(23-31-15)22-19(28)14-25-9-11-26(12-10-25)20(29)7-8-27-17-6-4-3-5-16(17)24(2)21(27)30/h3-6,13H,7-12,14H2,1-2H3,(H,22,23,28). The van der Waals surface area contributed by atoms with E-state index in [9.17, 15) is 14.4 Å². The molecule has 0 bridgehead atoms. The van der Waals surface area contributed by atoms with Crippen LogP contribution in [0, 0.1) is 6.92 Å². The molecule has 0 unspecified atom stereocenters. The highest BCUT2D eigenvalue weighted by atomic mass is 16.5. The summed E-state index contributed by atoms with van der Waals surface area (Å²) in [5.74, 6) is 0.888. The van der Waals surface area contributed by atoms with Gasteiger partial charge in [-0.3, -0.25) is 23.6 Å². The second-order valence-corrected chi connectivity index (χ2v) is 7.76. The summed E-state index contributed by atoms with van der Waals surface area (Å²) in [7, 11) is 1.74.